The summed E-state index contributed by atoms with van der Waals surface area (Å²) in [5, 5.41) is 7.90. The maximum atomic E-state index is 6.10. The first kappa shape index (κ1) is 14.0. The minimum atomic E-state index is 0.0367. The van der Waals surface area contributed by atoms with Crippen LogP contribution in [0, 0.1) is 0 Å². The van der Waals surface area contributed by atoms with Crippen LogP contribution >= 0.6 is 0 Å². The van der Waals surface area contributed by atoms with Gasteiger partial charge in [-0.25, -0.2) is 0 Å². The molecule has 0 aromatic carbocycles. The number of nitrogens with zero attached hydrogens (tertiary/aromatic N) is 2. The van der Waals surface area contributed by atoms with Crippen LogP contribution in [-0.2, 0) is 16.0 Å². The second-order valence-corrected chi connectivity index (χ2v) is 5.90. The third-order valence-electron chi connectivity index (χ3n) is 4.48. The van der Waals surface area contributed by atoms with Gasteiger partial charge in [0.25, 0.3) is 0 Å². The molecule has 1 N–H and O–H groups in total. The Morgan fingerprint density at radius 1 is 1.40 bits per heavy atom. The maximum Gasteiger partial charge on any atom is 0.0746 e. The predicted octanol–water partition coefficient (Wildman–Crippen LogP) is 1.89. The smallest absolute Gasteiger partial charge is 0.0746 e. The average molecular weight is 279 g/mol. The first-order valence-corrected chi connectivity index (χ1v) is 7.77. The monoisotopic (exact) mass is 279 g/mol. The summed E-state index contributed by atoms with van der Waals surface area (Å²) in [6, 6.07) is 0.470. The van der Waals surface area contributed by atoms with Crippen LogP contribution in [-0.4, -0.2) is 41.7 Å². The number of ether oxygens (including phenoxy) is 2. The molecule has 2 fully saturated rings. The van der Waals surface area contributed by atoms with E-state index < -0.39 is 0 Å². The zero-order chi connectivity index (χ0) is 13.8. The zero-order valence-corrected chi connectivity index (χ0v) is 12.3. The van der Waals surface area contributed by atoms with Crippen LogP contribution in [0.2, 0.25) is 0 Å². The normalized spacial score (nSPS) is 25.9. The van der Waals surface area contributed by atoms with Crippen LogP contribution in [0.1, 0.15) is 44.2 Å². The Bertz CT molecular complexity index is 421. The zero-order valence-electron chi connectivity index (χ0n) is 12.3. The van der Waals surface area contributed by atoms with Crippen LogP contribution in [0.4, 0.5) is 0 Å². The van der Waals surface area contributed by atoms with Gasteiger partial charge in [0, 0.05) is 38.1 Å². The maximum absolute atomic E-state index is 6.10. The Morgan fingerprint density at radius 2 is 2.25 bits per heavy atom. The highest BCUT2D eigenvalue weighted by Gasteiger charge is 2.39. The number of hydrogen-bond acceptors (Lipinski definition) is 4. The summed E-state index contributed by atoms with van der Waals surface area (Å²) in [7, 11) is 0. The summed E-state index contributed by atoms with van der Waals surface area (Å²) in [6.07, 6.45) is 8.34. The van der Waals surface area contributed by atoms with E-state index in [1.165, 1.54) is 5.56 Å². The Kier molecular flexibility index (Phi) is 4.38. The molecule has 1 spiro atoms. The molecule has 1 aromatic heterocycles. The van der Waals surface area contributed by atoms with Gasteiger partial charge in [-0.05, 0) is 32.2 Å². The van der Waals surface area contributed by atoms with Crippen molar-refractivity contribution < 1.29 is 9.47 Å². The molecule has 3 heterocycles. The molecule has 2 saturated heterocycles. The lowest BCUT2D eigenvalue weighted by Gasteiger charge is -2.43. The molecule has 2 aliphatic rings. The Hall–Kier alpha value is -0.910. The fraction of sp³-hybridized carbons (Fsp3) is 0.800. The van der Waals surface area contributed by atoms with Crippen molar-refractivity contribution in [1.29, 1.82) is 0 Å². The molecule has 2 aliphatic heterocycles. The topological polar surface area (TPSA) is 48.3 Å². The summed E-state index contributed by atoms with van der Waals surface area (Å²) < 4.78 is 13.7. The second-order valence-electron chi connectivity index (χ2n) is 5.90. The van der Waals surface area contributed by atoms with E-state index in [0.717, 1.165) is 58.6 Å². The van der Waals surface area contributed by atoms with Crippen LogP contribution in [0.25, 0.3) is 0 Å². The Balaban J connectivity index is 1.65. The third kappa shape index (κ3) is 3.05. The largest absolute Gasteiger partial charge is 0.381 e. The molecule has 112 valence electrons. The van der Waals surface area contributed by atoms with Gasteiger partial charge in [-0.2, -0.15) is 5.10 Å². The highest BCUT2D eigenvalue weighted by Crippen LogP contribution is 2.38. The van der Waals surface area contributed by atoms with E-state index in [0.29, 0.717) is 6.04 Å². The molecule has 3 rings (SSSR count). The lowest BCUT2D eigenvalue weighted by atomic mass is 9.84. The first-order valence-electron chi connectivity index (χ1n) is 7.77. The molecule has 1 atom stereocenters. The molecular weight excluding hydrogens is 254 g/mol. The minimum Gasteiger partial charge on any atom is -0.381 e. The summed E-state index contributed by atoms with van der Waals surface area (Å²) in [5.41, 5.74) is 1.30. The second kappa shape index (κ2) is 6.24. The van der Waals surface area contributed by atoms with Crippen LogP contribution < -0.4 is 5.32 Å². The number of hydrogen-bond donors (Lipinski definition) is 1. The van der Waals surface area contributed by atoms with Crippen molar-refractivity contribution in [3.8, 4) is 0 Å². The van der Waals surface area contributed by atoms with E-state index in [9.17, 15) is 0 Å². The number of nitrogens with one attached hydrogen (secondary N) is 1. The minimum absolute atomic E-state index is 0.0367. The SMILES string of the molecule is CCNCc1cnn(C2CCOC3(CCOCC3)C2)c1. The molecule has 1 aromatic rings. The van der Waals surface area contributed by atoms with Gasteiger partial charge in [0.2, 0.25) is 0 Å². The number of aromatic nitrogens is 2. The Morgan fingerprint density at radius 3 is 3.05 bits per heavy atom. The van der Waals surface area contributed by atoms with Crippen molar-refractivity contribution >= 4 is 0 Å². The van der Waals surface area contributed by atoms with E-state index in [1.807, 2.05) is 6.20 Å². The van der Waals surface area contributed by atoms with E-state index in [4.69, 9.17) is 9.47 Å². The molecule has 0 amide bonds. The molecule has 0 radical (unpaired) electrons. The Labute approximate surface area is 120 Å². The van der Waals surface area contributed by atoms with Crippen LogP contribution in [0.15, 0.2) is 12.4 Å². The molecule has 5 nitrogen and oxygen atoms in total. The quantitative estimate of drug-likeness (QED) is 0.914. The molecule has 1 unspecified atom stereocenters. The summed E-state index contributed by atoms with van der Waals surface area (Å²) in [4.78, 5) is 0. The summed E-state index contributed by atoms with van der Waals surface area (Å²) >= 11 is 0. The van der Waals surface area contributed by atoms with Gasteiger partial charge in [0.1, 0.15) is 0 Å². The van der Waals surface area contributed by atoms with Crippen molar-refractivity contribution in [3.63, 3.8) is 0 Å². The van der Waals surface area contributed by atoms with E-state index in [1.54, 1.807) is 0 Å². The van der Waals surface area contributed by atoms with E-state index >= 15 is 0 Å². The molecule has 0 bridgehead atoms. The van der Waals surface area contributed by atoms with Gasteiger partial charge in [0.05, 0.1) is 17.8 Å². The van der Waals surface area contributed by atoms with Crippen molar-refractivity contribution in [2.75, 3.05) is 26.4 Å². The van der Waals surface area contributed by atoms with Gasteiger partial charge in [-0.1, -0.05) is 6.92 Å². The van der Waals surface area contributed by atoms with Gasteiger partial charge in [-0.3, -0.25) is 4.68 Å². The van der Waals surface area contributed by atoms with E-state index in [2.05, 4.69) is 28.2 Å². The van der Waals surface area contributed by atoms with E-state index in [-0.39, 0.29) is 5.60 Å². The highest BCUT2D eigenvalue weighted by molar-refractivity contribution is 5.05. The summed E-state index contributed by atoms with van der Waals surface area (Å²) in [6.45, 7) is 6.52. The molecule has 20 heavy (non-hydrogen) atoms. The van der Waals surface area contributed by atoms with Crippen LogP contribution in [0.3, 0.4) is 0 Å². The predicted molar refractivity (Wildman–Crippen MR) is 76.6 cm³/mol. The van der Waals surface area contributed by atoms with Gasteiger partial charge < -0.3 is 14.8 Å². The third-order valence-corrected chi connectivity index (χ3v) is 4.48. The highest BCUT2D eigenvalue weighted by atomic mass is 16.5. The van der Waals surface area contributed by atoms with Crippen molar-refractivity contribution in [2.24, 2.45) is 0 Å². The fourth-order valence-corrected chi connectivity index (χ4v) is 3.26. The first-order chi connectivity index (χ1) is 9.81. The lowest BCUT2D eigenvalue weighted by Crippen LogP contribution is -2.44. The van der Waals surface area contributed by atoms with Gasteiger partial charge in [-0.15, -0.1) is 0 Å². The standard InChI is InChI=1S/C15H25N3O2/c1-2-16-10-13-11-17-18(12-13)14-3-6-20-15(9-14)4-7-19-8-5-15/h11-12,14,16H,2-10H2,1H3. The van der Waals surface area contributed by atoms with Crippen LogP contribution in [0.5, 0.6) is 0 Å². The molecule has 0 aliphatic carbocycles. The molecule has 0 saturated carbocycles. The van der Waals surface area contributed by atoms with Crippen molar-refractivity contribution in [3.05, 3.63) is 18.0 Å². The average Bonchev–Trinajstić information content (AvgIpc) is 2.95. The van der Waals surface area contributed by atoms with Crippen molar-refractivity contribution in [2.45, 2.75) is 50.8 Å². The lowest BCUT2D eigenvalue weighted by molar-refractivity contribution is -0.145. The number of rotatable bonds is 4. The molecular formula is C15H25N3O2. The van der Waals surface area contributed by atoms with Crippen molar-refractivity contribution in [1.82, 2.24) is 15.1 Å². The summed E-state index contributed by atoms with van der Waals surface area (Å²) in [5.74, 6) is 0. The molecule has 5 heteroatoms. The fourth-order valence-electron chi connectivity index (χ4n) is 3.26. The van der Waals surface area contributed by atoms with Gasteiger partial charge in [0.15, 0.2) is 0 Å². The van der Waals surface area contributed by atoms with Gasteiger partial charge >= 0.3 is 0 Å².